The highest BCUT2D eigenvalue weighted by atomic mass is 32.2. The third-order valence-electron chi connectivity index (χ3n) is 4.15. The van der Waals surface area contributed by atoms with Crippen molar-refractivity contribution in [1.82, 2.24) is 15.1 Å². The lowest BCUT2D eigenvalue weighted by Gasteiger charge is -2.30. The van der Waals surface area contributed by atoms with Gasteiger partial charge in [-0.2, -0.15) is 0 Å². The summed E-state index contributed by atoms with van der Waals surface area (Å²) in [4.78, 5) is 16.2. The molecule has 0 aromatic rings. The minimum absolute atomic E-state index is 0.0176. The molecule has 1 saturated heterocycles. The molecule has 3 aliphatic heterocycles. The van der Waals surface area contributed by atoms with Crippen LogP contribution in [0.3, 0.4) is 0 Å². The molecule has 0 bridgehead atoms. The Labute approximate surface area is 130 Å². The number of sulfonamides is 1. The van der Waals surface area contributed by atoms with E-state index in [2.05, 4.69) is 9.71 Å². The molecule has 0 radical (unpaired) electrons. The molecule has 1 unspecified atom stereocenters. The maximum absolute atomic E-state index is 12.7. The molecular formula is C14H20N4O3S. The molecule has 0 aromatic carbocycles. The Morgan fingerprint density at radius 3 is 3.05 bits per heavy atom. The molecule has 0 saturated carbocycles. The average Bonchev–Trinajstić information content (AvgIpc) is 2.94. The van der Waals surface area contributed by atoms with Crippen LogP contribution in [-0.4, -0.2) is 68.9 Å². The summed E-state index contributed by atoms with van der Waals surface area (Å²) in [7, 11) is -1.57. The van der Waals surface area contributed by atoms with E-state index in [0.717, 1.165) is 13.0 Å². The number of carbonyl (C=O) groups is 1. The van der Waals surface area contributed by atoms with Crippen molar-refractivity contribution < 1.29 is 13.2 Å². The summed E-state index contributed by atoms with van der Waals surface area (Å²) in [5.41, 5.74) is 0.371. The molecule has 3 rings (SSSR count). The van der Waals surface area contributed by atoms with Gasteiger partial charge in [-0.05, 0) is 38.1 Å². The van der Waals surface area contributed by atoms with E-state index >= 15 is 0 Å². The van der Waals surface area contributed by atoms with Gasteiger partial charge in [0.05, 0.1) is 11.3 Å². The van der Waals surface area contributed by atoms with Crippen molar-refractivity contribution in [2.24, 2.45) is 10.3 Å². The van der Waals surface area contributed by atoms with E-state index in [0.29, 0.717) is 31.1 Å². The van der Waals surface area contributed by atoms with E-state index in [-0.39, 0.29) is 17.5 Å². The monoisotopic (exact) mass is 324 g/mol. The Hall–Kier alpha value is -1.67. The molecule has 1 amide bonds. The lowest BCUT2D eigenvalue weighted by molar-refractivity contribution is -0.125. The Kier molecular flexibility index (Phi) is 4.05. The molecule has 1 fully saturated rings. The van der Waals surface area contributed by atoms with Crippen LogP contribution in [0.4, 0.5) is 0 Å². The zero-order valence-electron chi connectivity index (χ0n) is 12.5. The third-order valence-corrected chi connectivity index (χ3v) is 5.30. The predicted molar refractivity (Wildman–Crippen MR) is 83.8 cm³/mol. The van der Waals surface area contributed by atoms with Gasteiger partial charge in [-0.25, -0.2) is 8.42 Å². The lowest BCUT2D eigenvalue weighted by Crippen LogP contribution is -2.43. The molecule has 1 N–H and O–H groups in total. The number of rotatable bonds is 3. The van der Waals surface area contributed by atoms with Crippen molar-refractivity contribution in [3.8, 4) is 0 Å². The summed E-state index contributed by atoms with van der Waals surface area (Å²) >= 11 is 0. The number of hydrogen-bond donors (Lipinski definition) is 1. The van der Waals surface area contributed by atoms with Crippen molar-refractivity contribution >= 4 is 21.8 Å². The highest BCUT2D eigenvalue weighted by molar-refractivity contribution is 7.90. The summed E-state index contributed by atoms with van der Waals surface area (Å²) in [6.45, 7) is 2.61. The molecule has 3 aliphatic rings. The highest BCUT2D eigenvalue weighted by Crippen LogP contribution is 2.23. The average molecular weight is 324 g/mol. The molecule has 22 heavy (non-hydrogen) atoms. The lowest BCUT2D eigenvalue weighted by atomic mass is 10.1. The SMILES string of the molecule is CNCC1CCN(C(=O)C2=CC=CN3CCS(=O)(=O)N=C23)C1. The largest absolute Gasteiger partial charge is 0.338 e. The van der Waals surface area contributed by atoms with E-state index in [1.807, 2.05) is 7.05 Å². The van der Waals surface area contributed by atoms with Gasteiger partial charge >= 0.3 is 0 Å². The van der Waals surface area contributed by atoms with Crippen molar-refractivity contribution in [2.75, 3.05) is 39.0 Å². The summed E-state index contributed by atoms with van der Waals surface area (Å²) in [6, 6.07) is 0. The molecule has 1 atom stereocenters. The van der Waals surface area contributed by atoms with Gasteiger partial charge in [0.1, 0.15) is 0 Å². The molecule has 0 spiro atoms. The van der Waals surface area contributed by atoms with Crippen LogP contribution in [0.15, 0.2) is 28.3 Å². The number of fused-ring (bicyclic) bond motifs is 1. The van der Waals surface area contributed by atoms with Crippen LogP contribution in [0.5, 0.6) is 0 Å². The molecule has 8 heteroatoms. The molecule has 0 aliphatic carbocycles. The number of hydrogen-bond acceptors (Lipinski definition) is 5. The van der Waals surface area contributed by atoms with Gasteiger partial charge in [-0.1, -0.05) is 0 Å². The summed E-state index contributed by atoms with van der Waals surface area (Å²) in [6.07, 6.45) is 6.15. The topological polar surface area (TPSA) is 82.1 Å². The summed E-state index contributed by atoms with van der Waals surface area (Å²) in [5, 5.41) is 3.13. The second-order valence-electron chi connectivity index (χ2n) is 5.78. The van der Waals surface area contributed by atoms with Crippen molar-refractivity contribution in [3.05, 3.63) is 23.9 Å². The second-order valence-corrected chi connectivity index (χ2v) is 7.53. The van der Waals surface area contributed by atoms with Gasteiger partial charge in [-0.15, -0.1) is 4.40 Å². The zero-order valence-corrected chi connectivity index (χ0v) is 13.3. The van der Waals surface area contributed by atoms with Crippen LogP contribution in [0, 0.1) is 5.92 Å². The van der Waals surface area contributed by atoms with Gasteiger partial charge in [0.15, 0.2) is 5.84 Å². The van der Waals surface area contributed by atoms with Crippen LogP contribution in [0.25, 0.3) is 0 Å². The number of nitrogens with one attached hydrogen (secondary N) is 1. The molecule has 120 valence electrons. The smallest absolute Gasteiger partial charge is 0.257 e. The number of nitrogens with zero attached hydrogens (tertiary/aromatic N) is 3. The van der Waals surface area contributed by atoms with E-state index in [4.69, 9.17) is 0 Å². The van der Waals surface area contributed by atoms with Crippen molar-refractivity contribution in [1.29, 1.82) is 0 Å². The van der Waals surface area contributed by atoms with Gasteiger partial charge in [0, 0.05) is 25.8 Å². The van der Waals surface area contributed by atoms with Crippen LogP contribution in [0.1, 0.15) is 6.42 Å². The third kappa shape index (κ3) is 2.93. The maximum atomic E-state index is 12.7. The molecular weight excluding hydrogens is 304 g/mol. The Balaban J connectivity index is 1.82. The van der Waals surface area contributed by atoms with Crippen molar-refractivity contribution in [3.63, 3.8) is 0 Å². The number of amides is 1. The fourth-order valence-electron chi connectivity index (χ4n) is 3.03. The van der Waals surface area contributed by atoms with Crippen LogP contribution in [-0.2, 0) is 14.8 Å². The van der Waals surface area contributed by atoms with Gasteiger partial charge in [0.2, 0.25) is 0 Å². The van der Waals surface area contributed by atoms with Crippen LogP contribution in [0.2, 0.25) is 0 Å². The van der Waals surface area contributed by atoms with Crippen molar-refractivity contribution in [2.45, 2.75) is 6.42 Å². The van der Waals surface area contributed by atoms with Gasteiger partial charge < -0.3 is 15.1 Å². The van der Waals surface area contributed by atoms with E-state index in [9.17, 15) is 13.2 Å². The molecule has 3 heterocycles. The number of allylic oxidation sites excluding steroid dienone is 2. The fourth-order valence-corrected chi connectivity index (χ4v) is 4.01. The first-order chi connectivity index (χ1) is 10.5. The summed E-state index contributed by atoms with van der Waals surface area (Å²) in [5.74, 6) is 0.553. The van der Waals surface area contributed by atoms with Gasteiger partial charge in [0.25, 0.3) is 15.9 Å². The Morgan fingerprint density at radius 2 is 2.27 bits per heavy atom. The quantitative estimate of drug-likeness (QED) is 0.760. The second kappa shape index (κ2) is 5.85. The normalized spacial score (nSPS) is 26.5. The first-order valence-corrected chi connectivity index (χ1v) is 9.03. The van der Waals surface area contributed by atoms with Gasteiger partial charge in [-0.3, -0.25) is 4.79 Å². The fraction of sp³-hybridized carbons (Fsp3) is 0.571. The van der Waals surface area contributed by atoms with E-state index in [1.165, 1.54) is 0 Å². The first kappa shape index (κ1) is 15.2. The zero-order chi connectivity index (χ0) is 15.7. The Morgan fingerprint density at radius 1 is 1.45 bits per heavy atom. The molecule has 7 nitrogen and oxygen atoms in total. The minimum Gasteiger partial charge on any atom is -0.338 e. The highest BCUT2D eigenvalue weighted by Gasteiger charge is 2.34. The van der Waals surface area contributed by atoms with Crippen LogP contribution >= 0.6 is 0 Å². The standard InChI is InChI=1S/C14H20N4O3S/c1-15-9-11-4-6-18(10-11)14(19)12-3-2-5-17-7-8-22(20,21)16-13(12)17/h2-3,5,11,15H,4,6-10H2,1H3. The van der Waals surface area contributed by atoms with E-state index < -0.39 is 10.0 Å². The maximum Gasteiger partial charge on any atom is 0.257 e. The molecule has 0 aromatic heterocycles. The van der Waals surface area contributed by atoms with E-state index in [1.54, 1.807) is 28.2 Å². The van der Waals surface area contributed by atoms with Crippen LogP contribution < -0.4 is 5.32 Å². The minimum atomic E-state index is -3.47. The first-order valence-electron chi connectivity index (χ1n) is 7.42. The summed E-state index contributed by atoms with van der Waals surface area (Å²) < 4.78 is 27.3. The predicted octanol–water partition coefficient (Wildman–Crippen LogP) is -0.448. The number of carbonyl (C=O) groups excluding carboxylic acids is 1. The number of amidine groups is 1. The Bertz CT molecular complexity index is 666. The number of likely N-dealkylation sites (tertiary alicyclic amines) is 1.